The number of aryl methyl sites for hydroxylation is 3. The maximum atomic E-state index is 6.26. The van der Waals surface area contributed by atoms with Gasteiger partial charge in [-0.05, 0) is 75.3 Å². The lowest BCUT2D eigenvalue weighted by molar-refractivity contribution is 0.620. The van der Waals surface area contributed by atoms with Crippen molar-refractivity contribution in [2.75, 3.05) is 6.54 Å². The summed E-state index contributed by atoms with van der Waals surface area (Å²) in [6.45, 7) is 5.43. The fourth-order valence-corrected chi connectivity index (χ4v) is 2.38. The first-order chi connectivity index (χ1) is 8.16. The molecule has 1 N–H and O–H groups in total. The van der Waals surface area contributed by atoms with E-state index in [1.165, 1.54) is 42.4 Å². The first kappa shape index (κ1) is 12.9. The van der Waals surface area contributed by atoms with Crippen molar-refractivity contribution in [3.63, 3.8) is 0 Å². The van der Waals surface area contributed by atoms with Crippen LogP contribution in [0.25, 0.3) is 0 Å². The van der Waals surface area contributed by atoms with Crippen LogP contribution in [0.4, 0.5) is 0 Å². The van der Waals surface area contributed by atoms with Crippen molar-refractivity contribution in [3.05, 3.63) is 33.8 Å². The molecule has 0 radical (unpaired) electrons. The fraction of sp³-hybridized carbons (Fsp3) is 0.600. The number of hydrogen-bond donors (Lipinski definition) is 1. The monoisotopic (exact) mass is 251 g/mol. The maximum absolute atomic E-state index is 6.26. The Morgan fingerprint density at radius 1 is 1.18 bits per heavy atom. The summed E-state index contributed by atoms with van der Waals surface area (Å²) in [6.07, 6.45) is 6.33. The van der Waals surface area contributed by atoms with Gasteiger partial charge in [0.05, 0.1) is 0 Å². The molecule has 1 aromatic carbocycles. The predicted octanol–water partition coefficient (Wildman–Crippen LogP) is 4.03. The molecule has 1 fully saturated rings. The van der Waals surface area contributed by atoms with E-state index in [4.69, 9.17) is 11.6 Å². The summed E-state index contributed by atoms with van der Waals surface area (Å²) < 4.78 is 0. The largest absolute Gasteiger partial charge is 0.314 e. The summed E-state index contributed by atoms with van der Waals surface area (Å²) in [5.41, 5.74) is 3.94. The van der Waals surface area contributed by atoms with Crippen molar-refractivity contribution in [1.82, 2.24) is 5.32 Å². The van der Waals surface area contributed by atoms with Crippen LogP contribution >= 0.6 is 11.6 Å². The van der Waals surface area contributed by atoms with Gasteiger partial charge in [-0.25, -0.2) is 0 Å². The van der Waals surface area contributed by atoms with Gasteiger partial charge < -0.3 is 5.32 Å². The summed E-state index contributed by atoms with van der Waals surface area (Å²) in [5.74, 6) is 0. The van der Waals surface area contributed by atoms with E-state index in [1.807, 2.05) is 0 Å². The minimum Gasteiger partial charge on any atom is -0.314 e. The van der Waals surface area contributed by atoms with Crippen molar-refractivity contribution in [2.45, 2.75) is 52.0 Å². The number of rotatable bonds is 6. The van der Waals surface area contributed by atoms with Crippen LogP contribution in [0, 0.1) is 13.8 Å². The van der Waals surface area contributed by atoms with Crippen LogP contribution in [-0.4, -0.2) is 12.6 Å². The Labute approximate surface area is 110 Å². The highest BCUT2D eigenvalue weighted by atomic mass is 35.5. The van der Waals surface area contributed by atoms with Crippen LogP contribution in [0.1, 0.15) is 42.4 Å². The molecular weight excluding hydrogens is 230 g/mol. The highest BCUT2D eigenvalue weighted by Crippen LogP contribution is 2.22. The highest BCUT2D eigenvalue weighted by Gasteiger charge is 2.19. The third-order valence-electron chi connectivity index (χ3n) is 3.55. The second-order valence-electron chi connectivity index (χ2n) is 5.21. The first-order valence-electron chi connectivity index (χ1n) is 6.66. The third-order valence-corrected chi connectivity index (χ3v) is 3.90. The Bertz CT molecular complexity index is 383. The minimum absolute atomic E-state index is 0.834. The maximum Gasteiger partial charge on any atom is 0.0440 e. The normalized spacial score (nSPS) is 15.2. The second-order valence-corrected chi connectivity index (χ2v) is 5.62. The predicted molar refractivity (Wildman–Crippen MR) is 74.9 cm³/mol. The number of benzene rings is 1. The summed E-state index contributed by atoms with van der Waals surface area (Å²) in [6, 6.07) is 5.17. The molecule has 0 aromatic heterocycles. The number of halogens is 1. The summed E-state index contributed by atoms with van der Waals surface area (Å²) >= 11 is 6.26. The minimum atomic E-state index is 0.834. The molecule has 2 heteroatoms. The molecule has 1 nitrogen and oxygen atoms in total. The van der Waals surface area contributed by atoms with Gasteiger partial charge in [-0.15, -0.1) is 0 Å². The van der Waals surface area contributed by atoms with Gasteiger partial charge in [-0.3, -0.25) is 0 Å². The van der Waals surface area contributed by atoms with E-state index in [1.54, 1.807) is 0 Å². The van der Waals surface area contributed by atoms with Gasteiger partial charge in [-0.2, -0.15) is 0 Å². The molecule has 0 saturated heterocycles. The van der Waals surface area contributed by atoms with Gasteiger partial charge in [-0.1, -0.05) is 17.7 Å². The van der Waals surface area contributed by atoms with E-state index in [0.717, 1.165) is 24.0 Å². The highest BCUT2D eigenvalue weighted by molar-refractivity contribution is 6.31. The van der Waals surface area contributed by atoms with E-state index < -0.39 is 0 Å². The smallest absolute Gasteiger partial charge is 0.0440 e. The summed E-state index contributed by atoms with van der Waals surface area (Å²) in [7, 11) is 0. The van der Waals surface area contributed by atoms with Crippen LogP contribution in [0.2, 0.25) is 5.02 Å². The zero-order valence-electron chi connectivity index (χ0n) is 10.9. The molecule has 0 heterocycles. The van der Waals surface area contributed by atoms with Crippen LogP contribution in [0.15, 0.2) is 12.1 Å². The Morgan fingerprint density at radius 2 is 1.88 bits per heavy atom. The molecule has 1 aliphatic carbocycles. The van der Waals surface area contributed by atoms with E-state index in [0.29, 0.717) is 0 Å². The van der Waals surface area contributed by atoms with E-state index in [2.05, 4.69) is 31.3 Å². The van der Waals surface area contributed by atoms with Crippen molar-refractivity contribution in [1.29, 1.82) is 0 Å². The van der Waals surface area contributed by atoms with Crippen LogP contribution in [0.3, 0.4) is 0 Å². The van der Waals surface area contributed by atoms with Crippen molar-refractivity contribution in [2.24, 2.45) is 0 Å². The fourth-order valence-electron chi connectivity index (χ4n) is 2.07. The average molecular weight is 252 g/mol. The molecule has 2 rings (SSSR count). The molecular formula is C15H22ClN. The summed E-state index contributed by atoms with van der Waals surface area (Å²) in [4.78, 5) is 0. The van der Waals surface area contributed by atoms with E-state index >= 15 is 0 Å². The van der Waals surface area contributed by atoms with Crippen molar-refractivity contribution >= 4 is 11.6 Å². The van der Waals surface area contributed by atoms with Gasteiger partial charge in [0, 0.05) is 11.1 Å². The molecule has 0 atom stereocenters. The van der Waals surface area contributed by atoms with Gasteiger partial charge in [0.15, 0.2) is 0 Å². The van der Waals surface area contributed by atoms with Gasteiger partial charge >= 0.3 is 0 Å². The molecule has 0 aliphatic heterocycles. The molecule has 0 amide bonds. The summed E-state index contributed by atoms with van der Waals surface area (Å²) in [5, 5.41) is 4.48. The molecule has 17 heavy (non-hydrogen) atoms. The van der Waals surface area contributed by atoms with E-state index in [-0.39, 0.29) is 0 Å². The van der Waals surface area contributed by atoms with Crippen molar-refractivity contribution < 1.29 is 0 Å². The quantitative estimate of drug-likeness (QED) is 0.753. The molecule has 0 unspecified atom stereocenters. The standard InChI is InChI=1S/C15H22ClN/c1-11-9-13(15(16)10-12(11)2)5-3-4-8-17-14-6-7-14/h9-10,14,17H,3-8H2,1-2H3. The Balaban J connectivity index is 1.75. The first-order valence-corrected chi connectivity index (χ1v) is 7.03. The van der Waals surface area contributed by atoms with Crippen molar-refractivity contribution in [3.8, 4) is 0 Å². The molecule has 0 spiro atoms. The number of hydrogen-bond acceptors (Lipinski definition) is 1. The second kappa shape index (κ2) is 5.88. The zero-order chi connectivity index (χ0) is 12.3. The molecule has 0 bridgehead atoms. The Hall–Kier alpha value is -0.530. The van der Waals surface area contributed by atoms with Crippen LogP contribution < -0.4 is 5.32 Å². The average Bonchev–Trinajstić information content (AvgIpc) is 3.08. The third kappa shape index (κ3) is 4.01. The Morgan fingerprint density at radius 3 is 2.59 bits per heavy atom. The molecule has 94 valence electrons. The molecule has 1 aliphatic rings. The lowest BCUT2D eigenvalue weighted by atomic mass is 10.0. The number of nitrogens with one attached hydrogen (secondary N) is 1. The van der Waals surface area contributed by atoms with Gasteiger partial charge in [0.25, 0.3) is 0 Å². The SMILES string of the molecule is Cc1cc(Cl)c(CCCCNC2CC2)cc1C. The van der Waals surface area contributed by atoms with Gasteiger partial charge in [0.2, 0.25) is 0 Å². The lowest BCUT2D eigenvalue weighted by Crippen LogP contribution is -2.17. The Kier molecular flexibility index (Phi) is 4.47. The zero-order valence-corrected chi connectivity index (χ0v) is 11.6. The topological polar surface area (TPSA) is 12.0 Å². The van der Waals surface area contributed by atoms with Gasteiger partial charge in [0.1, 0.15) is 0 Å². The van der Waals surface area contributed by atoms with Crippen LogP contribution in [0.5, 0.6) is 0 Å². The van der Waals surface area contributed by atoms with E-state index in [9.17, 15) is 0 Å². The lowest BCUT2D eigenvalue weighted by Gasteiger charge is -2.08. The number of unbranched alkanes of at least 4 members (excludes halogenated alkanes) is 1. The van der Waals surface area contributed by atoms with Crippen LogP contribution in [-0.2, 0) is 6.42 Å². The molecule has 1 aromatic rings. The molecule has 1 saturated carbocycles.